The summed E-state index contributed by atoms with van der Waals surface area (Å²) in [5.41, 5.74) is 1.13. The van der Waals surface area contributed by atoms with Gasteiger partial charge in [-0.05, 0) is 49.6 Å². The van der Waals surface area contributed by atoms with Gasteiger partial charge in [0.05, 0.1) is 11.3 Å². The molecule has 0 saturated heterocycles. The molecule has 0 amide bonds. The fourth-order valence-electron chi connectivity index (χ4n) is 2.05. The highest BCUT2D eigenvalue weighted by molar-refractivity contribution is 5.96. The van der Waals surface area contributed by atoms with Gasteiger partial charge in [0.15, 0.2) is 5.78 Å². The second-order valence-electron chi connectivity index (χ2n) is 4.81. The minimum absolute atomic E-state index is 0.123. The smallest absolute Gasteiger partial charge is 0.165 e. The zero-order valence-electron chi connectivity index (χ0n) is 11.8. The average molecular weight is 283 g/mol. The molecule has 0 aliphatic rings. The van der Waals surface area contributed by atoms with Crippen LogP contribution in [-0.2, 0) is 0 Å². The van der Waals surface area contributed by atoms with E-state index < -0.39 is 5.82 Å². The van der Waals surface area contributed by atoms with Crippen LogP contribution in [0.25, 0.3) is 6.08 Å². The Kier molecular flexibility index (Phi) is 5.83. The first-order valence-corrected chi connectivity index (χ1v) is 7.12. The molecule has 2 rings (SSSR count). The Labute approximate surface area is 124 Å². The molecular weight excluding hydrogens is 265 g/mol. The lowest BCUT2D eigenvalue weighted by Crippen LogP contribution is -2.01. The number of nitrogens with zero attached hydrogens (tertiary/aromatic N) is 1. The third-order valence-corrected chi connectivity index (χ3v) is 3.18. The molecule has 21 heavy (non-hydrogen) atoms. The first-order valence-electron chi connectivity index (χ1n) is 7.12. The highest BCUT2D eigenvalue weighted by atomic mass is 19.1. The number of allylic oxidation sites excluding steroid dienone is 1. The van der Waals surface area contributed by atoms with Crippen molar-refractivity contribution >= 4 is 11.9 Å². The molecule has 0 atom stereocenters. The van der Waals surface area contributed by atoms with Crippen LogP contribution >= 0.6 is 0 Å². The topological polar surface area (TPSA) is 30.0 Å². The van der Waals surface area contributed by atoms with Gasteiger partial charge in [-0.1, -0.05) is 24.3 Å². The van der Waals surface area contributed by atoms with Crippen molar-refractivity contribution in [2.45, 2.75) is 25.7 Å². The lowest BCUT2D eigenvalue weighted by Gasteiger charge is -2.01. The van der Waals surface area contributed by atoms with E-state index in [1.807, 2.05) is 24.3 Å². The van der Waals surface area contributed by atoms with Crippen molar-refractivity contribution in [2.75, 3.05) is 0 Å². The minimum atomic E-state index is -0.433. The largest absolute Gasteiger partial charge is 0.294 e. The molecule has 0 N–H and O–H groups in total. The molecule has 1 aromatic heterocycles. The lowest BCUT2D eigenvalue weighted by molar-refractivity contribution is 0.0975. The predicted octanol–water partition coefficient (Wildman–Crippen LogP) is 4.68. The molecule has 0 aliphatic heterocycles. The summed E-state index contributed by atoms with van der Waals surface area (Å²) in [6.45, 7) is 0. The summed E-state index contributed by atoms with van der Waals surface area (Å²) in [5.74, 6) is -0.556. The number of benzene rings is 1. The molecule has 0 bridgehead atoms. The Morgan fingerprint density at radius 2 is 1.90 bits per heavy atom. The zero-order chi connectivity index (χ0) is 14.9. The van der Waals surface area contributed by atoms with Crippen LogP contribution in [0.2, 0.25) is 0 Å². The fourth-order valence-corrected chi connectivity index (χ4v) is 2.05. The fraction of sp³-hybridized carbons (Fsp3) is 0.222. The summed E-state index contributed by atoms with van der Waals surface area (Å²) in [4.78, 5) is 16.0. The number of carbonyl (C=O) groups is 1. The Morgan fingerprint density at radius 1 is 1.10 bits per heavy atom. The van der Waals surface area contributed by atoms with E-state index in [-0.39, 0.29) is 11.3 Å². The Bertz CT molecular complexity index is 608. The van der Waals surface area contributed by atoms with Gasteiger partial charge >= 0.3 is 0 Å². The van der Waals surface area contributed by atoms with Crippen LogP contribution in [0.1, 0.15) is 41.7 Å². The number of aromatic nitrogens is 1. The van der Waals surface area contributed by atoms with Gasteiger partial charge in [0.1, 0.15) is 5.82 Å². The van der Waals surface area contributed by atoms with E-state index in [9.17, 15) is 9.18 Å². The third-order valence-electron chi connectivity index (χ3n) is 3.18. The Morgan fingerprint density at radius 3 is 2.67 bits per heavy atom. The van der Waals surface area contributed by atoms with E-state index in [2.05, 4.69) is 11.1 Å². The number of Topliss-reactive ketones (excluding diaryl/α,β-unsaturated/α-hetero) is 1. The van der Waals surface area contributed by atoms with Gasteiger partial charge in [-0.2, -0.15) is 0 Å². The molecule has 0 aliphatic carbocycles. The van der Waals surface area contributed by atoms with Gasteiger partial charge in [-0.15, -0.1) is 0 Å². The number of rotatable bonds is 7. The third kappa shape index (κ3) is 4.95. The van der Waals surface area contributed by atoms with Crippen LogP contribution < -0.4 is 0 Å². The molecule has 0 fully saturated rings. The maximum Gasteiger partial charge on any atom is 0.165 e. The Balaban J connectivity index is 1.69. The quantitative estimate of drug-likeness (QED) is 0.545. The molecule has 1 heterocycles. The Hall–Kier alpha value is -2.29. The summed E-state index contributed by atoms with van der Waals surface area (Å²) in [6.07, 6.45) is 8.73. The molecule has 2 nitrogen and oxygen atoms in total. The van der Waals surface area contributed by atoms with Gasteiger partial charge in [0.25, 0.3) is 0 Å². The number of pyridine rings is 1. The first kappa shape index (κ1) is 15.1. The summed E-state index contributed by atoms with van der Waals surface area (Å²) >= 11 is 0. The molecule has 0 saturated carbocycles. The van der Waals surface area contributed by atoms with Crippen LogP contribution in [0, 0.1) is 5.82 Å². The van der Waals surface area contributed by atoms with Gasteiger partial charge in [-0.3, -0.25) is 9.78 Å². The maximum absolute atomic E-state index is 13.4. The van der Waals surface area contributed by atoms with Crippen molar-refractivity contribution < 1.29 is 9.18 Å². The summed E-state index contributed by atoms with van der Waals surface area (Å²) in [6, 6.07) is 11.9. The van der Waals surface area contributed by atoms with Crippen LogP contribution in [0.5, 0.6) is 0 Å². The second-order valence-corrected chi connectivity index (χ2v) is 4.81. The molecule has 0 unspecified atom stereocenters. The van der Waals surface area contributed by atoms with Gasteiger partial charge in [0.2, 0.25) is 0 Å². The number of ketones is 1. The standard InChI is InChI=1S/C18H18FNO/c19-17-12-6-5-11-16(17)18(21)13-4-2-1-3-9-15-10-7-8-14-20-15/h3,5-12,14H,1-2,4,13H2/b9-3-. The highest BCUT2D eigenvalue weighted by Crippen LogP contribution is 2.12. The van der Waals surface area contributed by atoms with E-state index in [0.29, 0.717) is 6.42 Å². The maximum atomic E-state index is 13.4. The molecule has 1 aromatic carbocycles. The number of halogens is 1. The van der Waals surface area contributed by atoms with E-state index in [4.69, 9.17) is 0 Å². The number of unbranched alkanes of at least 4 members (excludes halogenated alkanes) is 2. The monoisotopic (exact) mass is 283 g/mol. The molecule has 0 spiro atoms. The molecule has 0 radical (unpaired) electrons. The predicted molar refractivity (Wildman–Crippen MR) is 82.5 cm³/mol. The van der Waals surface area contributed by atoms with Crippen molar-refractivity contribution in [1.82, 2.24) is 4.98 Å². The van der Waals surface area contributed by atoms with Crippen molar-refractivity contribution in [2.24, 2.45) is 0 Å². The van der Waals surface area contributed by atoms with Gasteiger partial charge < -0.3 is 0 Å². The number of carbonyl (C=O) groups excluding carboxylic acids is 1. The normalized spacial score (nSPS) is 10.9. The highest BCUT2D eigenvalue weighted by Gasteiger charge is 2.09. The molecule has 108 valence electrons. The zero-order valence-corrected chi connectivity index (χ0v) is 11.8. The molecule has 2 aromatic rings. The first-order chi connectivity index (χ1) is 10.3. The van der Waals surface area contributed by atoms with E-state index in [1.54, 1.807) is 24.4 Å². The molecule has 3 heteroatoms. The minimum Gasteiger partial charge on any atom is -0.294 e. The van der Waals surface area contributed by atoms with Crippen LogP contribution in [0.3, 0.4) is 0 Å². The van der Waals surface area contributed by atoms with Crippen molar-refractivity contribution in [3.05, 3.63) is 71.8 Å². The van der Waals surface area contributed by atoms with Crippen LogP contribution in [0.4, 0.5) is 4.39 Å². The molecular formula is C18H18FNO. The van der Waals surface area contributed by atoms with Gasteiger partial charge in [0, 0.05) is 12.6 Å². The van der Waals surface area contributed by atoms with Crippen LogP contribution in [-0.4, -0.2) is 10.8 Å². The van der Waals surface area contributed by atoms with E-state index >= 15 is 0 Å². The summed E-state index contributed by atoms with van der Waals surface area (Å²) in [7, 11) is 0. The van der Waals surface area contributed by atoms with E-state index in [0.717, 1.165) is 25.0 Å². The number of hydrogen-bond donors (Lipinski definition) is 0. The lowest BCUT2D eigenvalue weighted by atomic mass is 10.0. The van der Waals surface area contributed by atoms with Crippen LogP contribution in [0.15, 0.2) is 54.7 Å². The SMILES string of the molecule is O=C(CCCC/C=C\c1ccccn1)c1ccccc1F. The van der Waals surface area contributed by atoms with Crippen molar-refractivity contribution in [3.63, 3.8) is 0 Å². The van der Waals surface area contributed by atoms with Gasteiger partial charge in [-0.25, -0.2) is 4.39 Å². The summed E-state index contributed by atoms with van der Waals surface area (Å²) < 4.78 is 13.4. The average Bonchev–Trinajstić information content (AvgIpc) is 2.52. The van der Waals surface area contributed by atoms with Crippen molar-refractivity contribution in [1.29, 1.82) is 0 Å². The van der Waals surface area contributed by atoms with E-state index in [1.165, 1.54) is 6.07 Å². The summed E-state index contributed by atoms with van der Waals surface area (Å²) in [5, 5.41) is 0. The second kappa shape index (κ2) is 8.10. The van der Waals surface area contributed by atoms with Crippen molar-refractivity contribution in [3.8, 4) is 0 Å². The number of hydrogen-bond acceptors (Lipinski definition) is 2.